The molecule has 1 fully saturated rings. The van der Waals surface area contributed by atoms with Crippen LogP contribution in [-0.2, 0) is 9.31 Å². The third-order valence-electron chi connectivity index (χ3n) is 11.7. The molecule has 2 heterocycles. The van der Waals surface area contributed by atoms with Crippen molar-refractivity contribution in [3.8, 4) is 33.4 Å². The third kappa shape index (κ3) is 5.45. The van der Waals surface area contributed by atoms with Gasteiger partial charge in [-0.15, -0.1) is 10.9 Å². The van der Waals surface area contributed by atoms with E-state index in [1.54, 1.807) is 0 Å². The van der Waals surface area contributed by atoms with Crippen LogP contribution < -0.4 is 43.7 Å². The van der Waals surface area contributed by atoms with E-state index in [4.69, 9.17) is 68.6 Å². The Morgan fingerprint density at radius 2 is 1.09 bits per heavy atom. The third-order valence-corrected chi connectivity index (χ3v) is 11.7. The minimum absolute atomic E-state index is 0.122. The summed E-state index contributed by atoms with van der Waals surface area (Å²) in [5, 5.41) is 5.05. The average molecular weight is 691 g/mol. The van der Waals surface area contributed by atoms with Crippen molar-refractivity contribution in [2.75, 3.05) is 0 Å². The monoisotopic (exact) mass is 692 g/mol. The molecule has 0 bridgehead atoms. The summed E-state index contributed by atoms with van der Waals surface area (Å²) in [6, 6.07) is 33.6. The molecule has 11 heteroatoms. The first-order valence-electron chi connectivity index (χ1n) is 18.1. The normalized spacial score (nSPS) is 15.2. The Bertz CT molecular complexity index is 2910. The summed E-state index contributed by atoms with van der Waals surface area (Å²) in [5.41, 5.74) is 7.09. The molecule has 0 N–H and O–H groups in total. The summed E-state index contributed by atoms with van der Waals surface area (Å²) in [5.74, 6) is 0. The Labute approximate surface area is 330 Å². The van der Waals surface area contributed by atoms with Crippen LogP contribution in [0, 0.1) is 0 Å². The second-order valence-corrected chi connectivity index (χ2v) is 15.5. The fourth-order valence-corrected chi connectivity index (χ4v) is 7.91. The lowest BCUT2D eigenvalue weighted by Crippen LogP contribution is -2.47. The van der Waals surface area contributed by atoms with Gasteiger partial charge >= 0.3 is 7.12 Å². The van der Waals surface area contributed by atoms with Crippen molar-refractivity contribution in [1.82, 2.24) is 0 Å². The lowest BCUT2D eigenvalue weighted by atomic mass is 9.64. The maximum Gasteiger partial charge on any atom is 0.494 e. The van der Waals surface area contributed by atoms with Crippen molar-refractivity contribution in [3.05, 3.63) is 97.1 Å². The Morgan fingerprint density at radius 3 is 1.84 bits per heavy atom. The molecule has 0 aliphatic carbocycles. The van der Waals surface area contributed by atoms with Crippen LogP contribution in [0.4, 0.5) is 0 Å². The van der Waals surface area contributed by atoms with Gasteiger partial charge in [-0.2, -0.15) is 0 Å². The molecule has 7 aromatic carbocycles. The maximum absolute atomic E-state index is 7.20. The molecular weight excluding hydrogens is 663 g/mol. The summed E-state index contributed by atoms with van der Waals surface area (Å²) in [6.45, 7) is 8.19. The zero-order valence-electron chi connectivity index (χ0n) is 31.1. The van der Waals surface area contributed by atoms with Gasteiger partial charge in [0.2, 0.25) is 0 Å². The molecule has 0 saturated carbocycles. The lowest BCUT2D eigenvalue weighted by molar-refractivity contribution is 0.00578. The molecule has 0 amide bonds. The summed E-state index contributed by atoms with van der Waals surface area (Å²) in [6.07, 6.45) is 0. The Kier molecular flexibility index (Phi) is 8.28. The highest BCUT2D eigenvalue weighted by Crippen LogP contribution is 2.39. The van der Waals surface area contributed by atoms with Gasteiger partial charge in [-0.3, -0.25) is 0 Å². The molecule has 1 aliphatic rings. The highest BCUT2D eigenvalue weighted by atomic mass is 16.7. The van der Waals surface area contributed by atoms with Crippen molar-refractivity contribution >= 4 is 149 Å². The molecule has 9 rings (SSSR count). The average Bonchev–Trinajstić information content (AvgIpc) is 3.69. The van der Waals surface area contributed by atoms with E-state index in [1.807, 2.05) is 45.9 Å². The van der Waals surface area contributed by atoms with Gasteiger partial charge in [-0.25, -0.2) is 0 Å². The molecule has 1 saturated heterocycles. The molecule has 0 atom stereocenters. The molecule has 0 unspecified atom stereocenters. The van der Waals surface area contributed by atoms with Crippen molar-refractivity contribution in [1.29, 1.82) is 0 Å². The first-order chi connectivity index (χ1) is 26.2. The number of fused-ring (bicyclic) bond motifs is 5. The molecule has 14 radical (unpaired) electrons. The van der Waals surface area contributed by atoms with E-state index in [2.05, 4.69) is 78.9 Å². The smallest absolute Gasteiger partial charge is 0.457 e. The predicted molar refractivity (Wildman–Crippen MR) is 238 cm³/mol. The fourth-order valence-electron chi connectivity index (χ4n) is 7.91. The van der Waals surface area contributed by atoms with Gasteiger partial charge < -0.3 is 13.7 Å². The van der Waals surface area contributed by atoms with E-state index in [0.29, 0.717) is 21.8 Å². The Morgan fingerprint density at radius 1 is 0.455 bits per heavy atom. The molecule has 1 aliphatic heterocycles. The van der Waals surface area contributed by atoms with E-state index >= 15 is 0 Å². The first-order valence-corrected chi connectivity index (χ1v) is 18.1. The number of rotatable bonds is 4. The zero-order valence-corrected chi connectivity index (χ0v) is 31.1. The largest absolute Gasteiger partial charge is 0.494 e. The van der Waals surface area contributed by atoms with Crippen LogP contribution in [0.2, 0.25) is 0 Å². The standard InChI is InChI=1S/C44H28B8O3/c1-43(2)44(3,4)55-52(54-43)26-12-7-11-22(18-26)25-17-23-15-16-24(28-14-8-10-21-9-5-6-13-27(21)28)19-29(23)30(20-25)31-34(45)32-33-36(47)37(48)38(49)40(51)42(33)53-41(32)39(50)35(31)46/h5-20H,1-4H3. The van der Waals surface area contributed by atoms with Crippen LogP contribution in [0.5, 0.6) is 0 Å². The number of benzene rings is 7. The summed E-state index contributed by atoms with van der Waals surface area (Å²) in [4.78, 5) is 0. The van der Waals surface area contributed by atoms with Gasteiger partial charge in [0.15, 0.2) is 0 Å². The summed E-state index contributed by atoms with van der Waals surface area (Å²) in [7, 11) is 46.0. The summed E-state index contributed by atoms with van der Waals surface area (Å²) >= 11 is 0. The molecule has 0 spiro atoms. The first kappa shape index (κ1) is 36.0. The van der Waals surface area contributed by atoms with E-state index < -0.39 is 18.3 Å². The molecule has 246 valence electrons. The second kappa shape index (κ2) is 12.7. The van der Waals surface area contributed by atoms with Gasteiger partial charge in [0.25, 0.3) is 0 Å². The van der Waals surface area contributed by atoms with Crippen molar-refractivity contribution in [3.63, 3.8) is 0 Å². The zero-order chi connectivity index (χ0) is 38.7. The van der Waals surface area contributed by atoms with Crippen molar-refractivity contribution < 1.29 is 13.7 Å². The van der Waals surface area contributed by atoms with E-state index in [9.17, 15) is 0 Å². The highest BCUT2D eigenvalue weighted by molar-refractivity contribution is 6.69. The molecular formula is C44H28B8O3. The molecule has 55 heavy (non-hydrogen) atoms. The van der Waals surface area contributed by atoms with Crippen LogP contribution in [-0.4, -0.2) is 73.2 Å². The highest BCUT2D eigenvalue weighted by Gasteiger charge is 2.51. The SMILES string of the molecule is [B]c1c([B])c([B])c2c(oc3c([B])c([B])c(-c4cc(-c5cccc(B6OC(C)(C)C(C)(C)O6)c5)cc5ccc(-c6cccc7ccccc67)cc45)c([B])c32)c1[B]. The number of hydrogen-bond acceptors (Lipinski definition) is 3. The fraction of sp³-hybridized carbons (Fsp3) is 0.136. The Balaban J connectivity index is 1.33. The van der Waals surface area contributed by atoms with Gasteiger partial charge in [0.05, 0.1) is 11.2 Å². The van der Waals surface area contributed by atoms with Gasteiger partial charge in [-0.1, -0.05) is 106 Å². The quantitative estimate of drug-likeness (QED) is 0.267. The van der Waals surface area contributed by atoms with E-state index in [0.717, 1.165) is 54.8 Å². The lowest BCUT2D eigenvalue weighted by Gasteiger charge is -2.32. The van der Waals surface area contributed by atoms with Gasteiger partial charge in [-0.05, 0) is 106 Å². The van der Waals surface area contributed by atoms with Crippen LogP contribution >= 0.6 is 0 Å². The van der Waals surface area contributed by atoms with Crippen molar-refractivity contribution in [2.24, 2.45) is 0 Å². The maximum atomic E-state index is 7.20. The molecule has 1 aromatic heterocycles. The van der Waals surface area contributed by atoms with Crippen LogP contribution in [0.15, 0.2) is 101 Å². The second-order valence-electron chi connectivity index (χ2n) is 15.5. The van der Waals surface area contributed by atoms with Crippen LogP contribution in [0.1, 0.15) is 27.7 Å². The van der Waals surface area contributed by atoms with Gasteiger partial charge in [0, 0.05) is 10.8 Å². The van der Waals surface area contributed by atoms with Crippen molar-refractivity contribution in [2.45, 2.75) is 38.9 Å². The molecule has 8 aromatic rings. The summed E-state index contributed by atoms with van der Waals surface area (Å²) < 4.78 is 19.1. The van der Waals surface area contributed by atoms with Crippen LogP contribution in [0.3, 0.4) is 0 Å². The number of furan rings is 1. The topological polar surface area (TPSA) is 31.6 Å². The minimum Gasteiger partial charge on any atom is -0.457 e. The number of hydrogen-bond donors (Lipinski definition) is 0. The van der Waals surface area contributed by atoms with Crippen LogP contribution in [0.25, 0.3) is 76.9 Å². The minimum atomic E-state index is -0.532. The van der Waals surface area contributed by atoms with E-state index in [-0.39, 0.29) is 43.9 Å². The van der Waals surface area contributed by atoms with Gasteiger partial charge in [0.1, 0.15) is 66.1 Å². The molecule has 3 nitrogen and oxygen atoms in total. The van der Waals surface area contributed by atoms with E-state index in [1.165, 1.54) is 0 Å². The Hall–Kier alpha value is -4.70. The predicted octanol–water partition coefficient (Wildman–Crippen LogP) is 2.75.